The van der Waals surface area contributed by atoms with E-state index in [1.165, 1.54) is 38.5 Å². The Morgan fingerprint density at radius 3 is 2.07 bits per heavy atom. The van der Waals surface area contributed by atoms with Gasteiger partial charge in [-0.2, -0.15) is 0 Å². The number of hydrogen-bond acceptors (Lipinski definition) is 0. The van der Waals surface area contributed by atoms with Crippen LogP contribution < -0.4 is 0 Å². The molecule has 0 saturated carbocycles. The van der Waals surface area contributed by atoms with Gasteiger partial charge in [-0.15, -0.1) is 0 Å². The van der Waals surface area contributed by atoms with Crippen LogP contribution in [0.1, 0.15) is 80.1 Å². The summed E-state index contributed by atoms with van der Waals surface area (Å²) >= 11 is 0. The van der Waals surface area contributed by atoms with Crippen molar-refractivity contribution in [1.82, 2.24) is 0 Å². The molecular formula is C15H32. The fourth-order valence-electron chi connectivity index (χ4n) is 2.38. The molecule has 0 spiro atoms. The summed E-state index contributed by atoms with van der Waals surface area (Å²) in [5.74, 6) is 1.77. The zero-order chi connectivity index (χ0) is 11.9. The second-order valence-corrected chi connectivity index (χ2v) is 6.55. The molecule has 15 heavy (non-hydrogen) atoms. The molecule has 0 heterocycles. The third kappa shape index (κ3) is 8.96. The van der Waals surface area contributed by atoms with Crippen LogP contribution in [0.2, 0.25) is 0 Å². The predicted molar refractivity (Wildman–Crippen MR) is 71.2 cm³/mol. The largest absolute Gasteiger partial charge is 0.0654 e. The van der Waals surface area contributed by atoms with Crippen molar-refractivity contribution >= 4 is 0 Å². The van der Waals surface area contributed by atoms with Gasteiger partial charge in [0, 0.05) is 0 Å². The summed E-state index contributed by atoms with van der Waals surface area (Å²) in [6.07, 6.45) is 8.34. The quantitative estimate of drug-likeness (QED) is 0.486. The van der Waals surface area contributed by atoms with E-state index in [1.807, 2.05) is 0 Å². The van der Waals surface area contributed by atoms with Crippen molar-refractivity contribution in [2.75, 3.05) is 0 Å². The monoisotopic (exact) mass is 212 g/mol. The van der Waals surface area contributed by atoms with Crippen LogP contribution in [0, 0.1) is 17.3 Å². The topological polar surface area (TPSA) is 0 Å². The molecule has 0 N–H and O–H groups in total. The smallest absolute Gasteiger partial charge is 0.0352 e. The molecule has 0 heteroatoms. The van der Waals surface area contributed by atoms with Gasteiger partial charge in [-0.05, 0) is 30.1 Å². The Balaban J connectivity index is 3.79. The first-order valence-electron chi connectivity index (χ1n) is 6.87. The Hall–Kier alpha value is 0. The standard InChI is InChI=1S/C15H32/c1-7-8-9-14(4)12-15(5,6)11-10-13(2)3/h13-14H,7-12H2,1-6H3. The van der Waals surface area contributed by atoms with Gasteiger partial charge in [0.05, 0.1) is 0 Å². The van der Waals surface area contributed by atoms with Gasteiger partial charge < -0.3 is 0 Å². The third-order valence-electron chi connectivity index (χ3n) is 3.35. The molecule has 0 saturated heterocycles. The van der Waals surface area contributed by atoms with Gasteiger partial charge in [-0.1, -0.05) is 67.2 Å². The summed E-state index contributed by atoms with van der Waals surface area (Å²) in [6.45, 7) is 14.3. The lowest BCUT2D eigenvalue weighted by Crippen LogP contribution is -2.16. The van der Waals surface area contributed by atoms with Crippen molar-refractivity contribution in [2.45, 2.75) is 80.1 Å². The van der Waals surface area contributed by atoms with Gasteiger partial charge in [0.1, 0.15) is 0 Å². The minimum Gasteiger partial charge on any atom is -0.0654 e. The molecule has 1 unspecified atom stereocenters. The Morgan fingerprint density at radius 2 is 1.60 bits per heavy atom. The van der Waals surface area contributed by atoms with Gasteiger partial charge in [0.15, 0.2) is 0 Å². The Morgan fingerprint density at radius 1 is 1.00 bits per heavy atom. The first-order chi connectivity index (χ1) is 6.87. The minimum atomic E-state index is 0.553. The molecule has 0 aromatic heterocycles. The number of hydrogen-bond donors (Lipinski definition) is 0. The van der Waals surface area contributed by atoms with Gasteiger partial charge in [0.25, 0.3) is 0 Å². The summed E-state index contributed by atoms with van der Waals surface area (Å²) in [5.41, 5.74) is 0.553. The van der Waals surface area contributed by atoms with Crippen LogP contribution in [-0.2, 0) is 0 Å². The van der Waals surface area contributed by atoms with E-state index in [2.05, 4.69) is 41.5 Å². The van der Waals surface area contributed by atoms with Crippen molar-refractivity contribution in [3.05, 3.63) is 0 Å². The van der Waals surface area contributed by atoms with Crippen molar-refractivity contribution in [3.63, 3.8) is 0 Å². The summed E-state index contributed by atoms with van der Waals surface area (Å²) in [4.78, 5) is 0. The van der Waals surface area contributed by atoms with Gasteiger partial charge >= 0.3 is 0 Å². The van der Waals surface area contributed by atoms with Crippen LogP contribution in [0.15, 0.2) is 0 Å². The zero-order valence-electron chi connectivity index (χ0n) is 11.9. The van der Waals surface area contributed by atoms with Crippen molar-refractivity contribution < 1.29 is 0 Å². The molecule has 92 valence electrons. The Kier molecular flexibility index (Phi) is 7.30. The van der Waals surface area contributed by atoms with Gasteiger partial charge in [-0.3, -0.25) is 0 Å². The molecule has 0 radical (unpaired) electrons. The molecule has 0 aliphatic carbocycles. The Labute approximate surface area is 97.8 Å². The van der Waals surface area contributed by atoms with E-state index in [0.29, 0.717) is 5.41 Å². The highest BCUT2D eigenvalue weighted by atomic mass is 14.3. The maximum absolute atomic E-state index is 2.44. The number of rotatable bonds is 8. The SMILES string of the molecule is CCCCC(C)CC(C)(C)CCC(C)C. The minimum absolute atomic E-state index is 0.553. The average Bonchev–Trinajstić information content (AvgIpc) is 2.11. The molecular weight excluding hydrogens is 180 g/mol. The molecule has 0 nitrogen and oxygen atoms in total. The van der Waals surface area contributed by atoms with E-state index in [9.17, 15) is 0 Å². The lowest BCUT2D eigenvalue weighted by Gasteiger charge is -2.29. The molecule has 0 aliphatic rings. The third-order valence-corrected chi connectivity index (χ3v) is 3.35. The van der Waals surface area contributed by atoms with Crippen LogP contribution in [0.4, 0.5) is 0 Å². The highest BCUT2D eigenvalue weighted by molar-refractivity contribution is 4.72. The fourth-order valence-corrected chi connectivity index (χ4v) is 2.38. The second-order valence-electron chi connectivity index (χ2n) is 6.55. The molecule has 0 rings (SSSR count). The maximum Gasteiger partial charge on any atom is -0.0352 e. The lowest BCUT2D eigenvalue weighted by atomic mass is 9.77. The summed E-state index contributed by atoms with van der Waals surface area (Å²) in [5, 5.41) is 0. The molecule has 1 atom stereocenters. The van der Waals surface area contributed by atoms with Crippen molar-refractivity contribution in [1.29, 1.82) is 0 Å². The molecule has 0 bridgehead atoms. The zero-order valence-corrected chi connectivity index (χ0v) is 11.9. The van der Waals surface area contributed by atoms with Crippen LogP contribution in [0.25, 0.3) is 0 Å². The number of unbranched alkanes of at least 4 members (excludes halogenated alkanes) is 1. The van der Waals surface area contributed by atoms with E-state index in [1.54, 1.807) is 0 Å². The summed E-state index contributed by atoms with van der Waals surface area (Å²) in [6, 6.07) is 0. The van der Waals surface area contributed by atoms with Gasteiger partial charge in [-0.25, -0.2) is 0 Å². The molecule has 0 fully saturated rings. The van der Waals surface area contributed by atoms with E-state index in [4.69, 9.17) is 0 Å². The first-order valence-corrected chi connectivity index (χ1v) is 6.87. The summed E-state index contributed by atoms with van der Waals surface area (Å²) in [7, 11) is 0. The van der Waals surface area contributed by atoms with E-state index >= 15 is 0 Å². The van der Waals surface area contributed by atoms with Crippen LogP contribution in [0.3, 0.4) is 0 Å². The van der Waals surface area contributed by atoms with E-state index in [-0.39, 0.29) is 0 Å². The molecule has 0 amide bonds. The van der Waals surface area contributed by atoms with E-state index < -0.39 is 0 Å². The van der Waals surface area contributed by atoms with E-state index in [0.717, 1.165) is 11.8 Å². The van der Waals surface area contributed by atoms with Crippen LogP contribution in [-0.4, -0.2) is 0 Å². The van der Waals surface area contributed by atoms with Crippen LogP contribution >= 0.6 is 0 Å². The van der Waals surface area contributed by atoms with Crippen molar-refractivity contribution in [3.8, 4) is 0 Å². The lowest BCUT2D eigenvalue weighted by molar-refractivity contribution is 0.231. The average molecular weight is 212 g/mol. The molecule has 0 aromatic rings. The normalized spacial score (nSPS) is 14.6. The second kappa shape index (κ2) is 7.30. The predicted octanol–water partition coefficient (Wildman–Crippen LogP) is 5.67. The highest BCUT2D eigenvalue weighted by Gasteiger charge is 2.20. The van der Waals surface area contributed by atoms with Crippen LogP contribution in [0.5, 0.6) is 0 Å². The van der Waals surface area contributed by atoms with Gasteiger partial charge in [0.2, 0.25) is 0 Å². The maximum atomic E-state index is 2.44. The molecule has 0 aliphatic heterocycles. The highest BCUT2D eigenvalue weighted by Crippen LogP contribution is 2.33. The first kappa shape index (κ1) is 15.0. The molecule has 0 aromatic carbocycles. The Bertz CT molecular complexity index is 144. The summed E-state index contributed by atoms with van der Waals surface area (Å²) < 4.78 is 0. The fraction of sp³-hybridized carbons (Fsp3) is 1.00. The van der Waals surface area contributed by atoms with Crippen molar-refractivity contribution in [2.24, 2.45) is 17.3 Å².